The fourth-order valence-corrected chi connectivity index (χ4v) is 2.27. The zero-order chi connectivity index (χ0) is 15.6. The van der Waals surface area contributed by atoms with E-state index in [1.165, 1.54) is 0 Å². The van der Waals surface area contributed by atoms with Crippen molar-refractivity contribution in [1.82, 2.24) is 0 Å². The second-order valence-corrected chi connectivity index (χ2v) is 5.25. The number of hydrogen-bond acceptors (Lipinski definition) is 2. The first-order valence-corrected chi connectivity index (χ1v) is 8.09. The first-order valence-electron chi connectivity index (χ1n) is 8.09. The van der Waals surface area contributed by atoms with Crippen molar-refractivity contribution in [2.45, 2.75) is 39.5 Å². The second-order valence-electron chi connectivity index (χ2n) is 5.25. The van der Waals surface area contributed by atoms with Crippen LogP contribution in [0.5, 0.6) is 0 Å². The summed E-state index contributed by atoms with van der Waals surface area (Å²) in [7, 11) is 0. The quantitative estimate of drug-likeness (QED) is 0.424. The molecule has 0 spiro atoms. The molecule has 0 bridgehead atoms. The van der Waals surface area contributed by atoms with Crippen LogP contribution in [0.2, 0.25) is 0 Å². The molecule has 2 rings (SSSR count). The van der Waals surface area contributed by atoms with Gasteiger partial charge in [-0.25, -0.2) is 0 Å². The van der Waals surface area contributed by atoms with Crippen LogP contribution in [-0.4, -0.2) is 11.4 Å². The molecule has 124 valence electrons. The van der Waals surface area contributed by atoms with E-state index in [9.17, 15) is 0 Å². The van der Waals surface area contributed by atoms with Gasteiger partial charge in [0.2, 0.25) is 0 Å². The van der Waals surface area contributed by atoms with Crippen molar-refractivity contribution in [3.63, 3.8) is 0 Å². The summed E-state index contributed by atoms with van der Waals surface area (Å²) in [6.07, 6.45) is 4.17. The van der Waals surface area contributed by atoms with Crippen LogP contribution in [0.15, 0.2) is 70.6 Å². The van der Waals surface area contributed by atoms with Crippen LogP contribution < -0.4 is 0 Å². The monoisotopic (exact) mass is 350 g/mol. The van der Waals surface area contributed by atoms with Crippen molar-refractivity contribution in [3.8, 4) is 0 Å². The molecule has 3 heteroatoms. The van der Waals surface area contributed by atoms with Gasteiger partial charge in [0.25, 0.3) is 0 Å². The topological polar surface area (TPSA) is 24.7 Å². The van der Waals surface area contributed by atoms with Crippen molar-refractivity contribution in [3.05, 3.63) is 60.7 Å². The maximum Gasteiger partial charge on any atom is 0.0633 e. The summed E-state index contributed by atoms with van der Waals surface area (Å²) < 4.78 is 0. The van der Waals surface area contributed by atoms with Crippen LogP contribution >= 0.6 is 0 Å². The third-order valence-corrected chi connectivity index (χ3v) is 3.48. The zero-order valence-corrected chi connectivity index (χ0v) is 14.8. The average Bonchev–Trinajstić information content (AvgIpc) is 2.58. The van der Waals surface area contributed by atoms with Crippen molar-refractivity contribution in [2.75, 3.05) is 0 Å². The molecular weight excluding hydrogens is 327 g/mol. The predicted octanol–water partition coefficient (Wildman–Crippen LogP) is 6.13. The maximum absolute atomic E-state index is 4.85. The maximum atomic E-state index is 4.85. The molecular formula is C20H24N2Ni. The van der Waals surface area contributed by atoms with Crippen LogP contribution in [0.3, 0.4) is 0 Å². The van der Waals surface area contributed by atoms with Crippen molar-refractivity contribution < 1.29 is 16.5 Å². The Morgan fingerprint density at radius 3 is 1.65 bits per heavy atom. The molecule has 0 fully saturated rings. The van der Waals surface area contributed by atoms with E-state index in [2.05, 4.69) is 13.8 Å². The Labute approximate surface area is 149 Å². The van der Waals surface area contributed by atoms with Gasteiger partial charge in [-0.2, -0.15) is 0 Å². The van der Waals surface area contributed by atoms with Crippen LogP contribution in [0.1, 0.15) is 39.5 Å². The second kappa shape index (κ2) is 10.9. The standard InChI is InChI=1S/C20H24N2.Ni/c1-3-5-16-20(22-18-14-10-7-11-15-18)19(4-2)21-17-12-8-6-9-13-17;/h6-15H,3-5,16H2,1-2H3;/b21-19+,22-20+;. The summed E-state index contributed by atoms with van der Waals surface area (Å²) in [6.45, 7) is 4.36. The van der Waals surface area contributed by atoms with Gasteiger partial charge in [-0.05, 0) is 43.5 Å². The first kappa shape index (κ1) is 19.3. The molecule has 0 saturated heterocycles. The number of aliphatic imine (C=N–C) groups is 2. The minimum atomic E-state index is 0. The molecule has 0 amide bonds. The normalized spacial score (nSPS) is 11.9. The predicted molar refractivity (Wildman–Crippen MR) is 96.9 cm³/mol. The van der Waals surface area contributed by atoms with Gasteiger partial charge in [-0.15, -0.1) is 0 Å². The van der Waals surface area contributed by atoms with Gasteiger partial charge in [-0.3, -0.25) is 9.98 Å². The van der Waals surface area contributed by atoms with E-state index < -0.39 is 0 Å². The van der Waals surface area contributed by atoms with Gasteiger partial charge < -0.3 is 0 Å². The van der Waals surface area contributed by atoms with Crippen molar-refractivity contribution >= 4 is 22.8 Å². The molecule has 0 aliphatic heterocycles. The summed E-state index contributed by atoms with van der Waals surface area (Å²) in [4.78, 5) is 9.66. The van der Waals surface area contributed by atoms with Crippen molar-refractivity contribution in [2.24, 2.45) is 9.98 Å². The molecule has 0 saturated carbocycles. The van der Waals surface area contributed by atoms with Gasteiger partial charge in [-0.1, -0.05) is 56.7 Å². The number of hydrogen-bond donors (Lipinski definition) is 0. The van der Waals surface area contributed by atoms with E-state index in [0.717, 1.165) is 48.5 Å². The van der Waals surface area contributed by atoms with E-state index >= 15 is 0 Å². The molecule has 2 nitrogen and oxygen atoms in total. The molecule has 0 radical (unpaired) electrons. The summed E-state index contributed by atoms with van der Waals surface area (Å²) in [6, 6.07) is 20.3. The number of nitrogens with zero attached hydrogens (tertiary/aromatic N) is 2. The third-order valence-electron chi connectivity index (χ3n) is 3.48. The molecule has 0 N–H and O–H groups in total. The summed E-state index contributed by atoms with van der Waals surface area (Å²) in [5.41, 5.74) is 4.20. The first-order chi connectivity index (χ1) is 10.8. The largest absolute Gasteiger partial charge is 0.252 e. The smallest absolute Gasteiger partial charge is 0.0633 e. The van der Waals surface area contributed by atoms with Gasteiger partial charge >= 0.3 is 0 Å². The minimum Gasteiger partial charge on any atom is -0.252 e. The molecule has 0 unspecified atom stereocenters. The number of unbranched alkanes of at least 4 members (excludes halogenated alkanes) is 1. The summed E-state index contributed by atoms with van der Waals surface area (Å²) in [5, 5.41) is 0. The fourth-order valence-electron chi connectivity index (χ4n) is 2.27. The van der Waals surface area contributed by atoms with E-state index in [4.69, 9.17) is 9.98 Å². The SMILES string of the molecule is CCCCC(=N\c1ccccc1)/C(CC)=N/c1ccccc1.[Ni]. The molecule has 0 aromatic heterocycles. The fraction of sp³-hybridized carbons (Fsp3) is 0.300. The van der Waals surface area contributed by atoms with Gasteiger partial charge in [0.15, 0.2) is 0 Å². The molecule has 2 aromatic rings. The Hall–Kier alpha value is -1.73. The zero-order valence-electron chi connectivity index (χ0n) is 13.8. The third kappa shape index (κ3) is 6.50. The van der Waals surface area contributed by atoms with E-state index in [1.54, 1.807) is 0 Å². The molecule has 0 aliphatic carbocycles. The van der Waals surface area contributed by atoms with Crippen LogP contribution in [0, 0.1) is 0 Å². The molecule has 0 aliphatic rings. The van der Waals surface area contributed by atoms with Crippen LogP contribution in [0.4, 0.5) is 11.4 Å². The van der Waals surface area contributed by atoms with Gasteiger partial charge in [0.05, 0.1) is 22.8 Å². The Morgan fingerprint density at radius 2 is 1.22 bits per heavy atom. The summed E-state index contributed by atoms with van der Waals surface area (Å²) >= 11 is 0. The van der Waals surface area contributed by atoms with Gasteiger partial charge in [0.1, 0.15) is 0 Å². The molecule has 23 heavy (non-hydrogen) atoms. The minimum absolute atomic E-state index is 0. The molecule has 2 aromatic carbocycles. The van der Waals surface area contributed by atoms with E-state index in [0.29, 0.717) is 0 Å². The Balaban J connectivity index is 0.00000264. The Bertz CT molecular complexity index is 619. The average molecular weight is 351 g/mol. The van der Waals surface area contributed by atoms with Gasteiger partial charge in [0, 0.05) is 16.5 Å². The Morgan fingerprint density at radius 1 is 0.739 bits per heavy atom. The molecule has 0 atom stereocenters. The summed E-state index contributed by atoms with van der Waals surface area (Å²) in [5.74, 6) is 0. The molecule has 0 heterocycles. The van der Waals surface area contributed by atoms with Crippen LogP contribution in [-0.2, 0) is 16.5 Å². The Kier molecular flexibility index (Phi) is 9.16. The van der Waals surface area contributed by atoms with Crippen LogP contribution in [0.25, 0.3) is 0 Å². The van der Waals surface area contributed by atoms with E-state index in [-0.39, 0.29) is 16.5 Å². The number of para-hydroxylation sites is 2. The number of rotatable bonds is 7. The van der Waals surface area contributed by atoms with E-state index in [1.807, 2.05) is 60.7 Å². The van der Waals surface area contributed by atoms with Crippen molar-refractivity contribution in [1.29, 1.82) is 0 Å². The number of benzene rings is 2.